The van der Waals surface area contributed by atoms with Crippen molar-refractivity contribution in [1.82, 2.24) is 0 Å². The Labute approximate surface area is 169 Å². The number of nitriles is 1. The molecule has 2 aromatic carbocycles. The number of halogens is 3. The zero-order valence-corrected chi connectivity index (χ0v) is 16.4. The molecule has 0 bridgehead atoms. The summed E-state index contributed by atoms with van der Waals surface area (Å²) in [6.45, 7) is 2.13. The summed E-state index contributed by atoms with van der Waals surface area (Å²) >= 11 is 0. The molecule has 0 aromatic heterocycles. The number of hydrogen-bond acceptors (Lipinski definition) is 2. The molecule has 0 unspecified atom stereocenters. The molecule has 0 radical (unpaired) electrons. The molecule has 0 aliphatic heterocycles. The number of alkyl halides is 2. The molecule has 2 nitrogen and oxygen atoms in total. The minimum absolute atomic E-state index is 0.218. The Bertz CT molecular complexity index is 891. The average Bonchev–Trinajstić information content (AvgIpc) is 2.72. The van der Waals surface area contributed by atoms with E-state index in [0.717, 1.165) is 55.9 Å². The summed E-state index contributed by atoms with van der Waals surface area (Å²) in [6, 6.07) is 10.9. The normalized spacial score (nSPS) is 19.8. The summed E-state index contributed by atoms with van der Waals surface area (Å²) in [5, 5.41) is 8.72. The third-order valence-corrected chi connectivity index (χ3v) is 5.44. The van der Waals surface area contributed by atoms with Crippen molar-refractivity contribution in [3.63, 3.8) is 0 Å². The lowest BCUT2D eigenvalue weighted by atomic mass is 9.78. The third kappa shape index (κ3) is 5.20. The van der Waals surface area contributed by atoms with Crippen LogP contribution in [-0.2, 0) is 6.11 Å². The van der Waals surface area contributed by atoms with Gasteiger partial charge in [0.15, 0.2) is 0 Å². The van der Waals surface area contributed by atoms with Crippen molar-refractivity contribution in [2.45, 2.75) is 51.1 Å². The molecule has 1 fully saturated rings. The van der Waals surface area contributed by atoms with Crippen molar-refractivity contribution in [1.29, 1.82) is 5.26 Å². The number of hydrogen-bond donors (Lipinski definition) is 0. The molecule has 0 saturated heterocycles. The number of ether oxygens (including phenoxy) is 1. The smallest absolute Gasteiger partial charge is 0.426 e. The largest absolute Gasteiger partial charge is 0.429 e. The topological polar surface area (TPSA) is 33.0 Å². The van der Waals surface area contributed by atoms with E-state index in [2.05, 4.69) is 19.1 Å². The monoisotopic (exact) mass is 399 g/mol. The molecule has 29 heavy (non-hydrogen) atoms. The van der Waals surface area contributed by atoms with E-state index < -0.39 is 11.9 Å². The van der Waals surface area contributed by atoms with Gasteiger partial charge >= 0.3 is 6.11 Å². The summed E-state index contributed by atoms with van der Waals surface area (Å²) in [4.78, 5) is 0. The fraction of sp³-hybridized carbons (Fsp3) is 0.375. The van der Waals surface area contributed by atoms with Gasteiger partial charge in [-0.3, -0.25) is 0 Å². The van der Waals surface area contributed by atoms with Crippen LogP contribution in [0.3, 0.4) is 0 Å². The standard InChI is InChI=1S/C24H24F3NO/c1-2-3-4-17-5-7-18(8-6-17)19-9-12-21(13-10-19)24(26,27)29-22-14-11-20(16-28)23(25)15-22/h3-4,9-15,17-18H,2,5-8H2,1H3/b4-3-. The summed E-state index contributed by atoms with van der Waals surface area (Å²) in [5.74, 6) is -0.205. The SMILES string of the molecule is CC/C=C\C1CCC(c2ccc(C(F)(F)Oc3ccc(C#N)c(F)c3)cc2)CC1. The molecule has 2 aromatic rings. The van der Waals surface area contributed by atoms with Gasteiger partial charge in [-0.1, -0.05) is 31.2 Å². The molecule has 0 atom stereocenters. The summed E-state index contributed by atoms with van der Waals surface area (Å²) in [7, 11) is 0. The molecule has 3 rings (SSSR count). The van der Waals surface area contributed by atoms with Crippen LogP contribution in [0.25, 0.3) is 0 Å². The van der Waals surface area contributed by atoms with Gasteiger partial charge in [0.25, 0.3) is 0 Å². The van der Waals surface area contributed by atoms with Gasteiger partial charge in [0.2, 0.25) is 0 Å². The van der Waals surface area contributed by atoms with Crippen LogP contribution in [0.2, 0.25) is 0 Å². The summed E-state index contributed by atoms with van der Waals surface area (Å²) in [6.07, 6.45) is 6.29. The molecule has 0 heterocycles. The molecule has 5 heteroatoms. The predicted molar refractivity (Wildman–Crippen MR) is 106 cm³/mol. The van der Waals surface area contributed by atoms with Gasteiger partial charge in [-0.05, 0) is 73.8 Å². The Hall–Kier alpha value is -2.74. The highest BCUT2D eigenvalue weighted by Gasteiger charge is 2.35. The Morgan fingerprint density at radius 3 is 2.38 bits per heavy atom. The van der Waals surface area contributed by atoms with Crippen molar-refractivity contribution in [2.24, 2.45) is 5.92 Å². The lowest BCUT2D eigenvalue weighted by Crippen LogP contribution is -2.22. The predicted octanol–water partition coefficient (Wildman–Crippen LogP) is 7.07. The molecule has 0 N–H and O–H groups in total. The minimum Gasteiger partial charge on any atom is -0.429 e. The van der Waals surface area contributed by atoms with Crippen LogP contribution >= 0.6 is 0 Å². The second-order valence-electron chi connectivity index (χ2n) is 7.44. The van der Waals surface area contributed by atoms with Crippen molar-refractivity contribution in [2.75, 3.05) is 0 Å². The van der Waals surface area contributed by atoms with Crippen LogP contribution in [0.1, 0.15) is 61.6 Å². The molecular weight excluding hydrogens is 375 g/mol. The summed E-state index contributed by atoms with van der Waals surface area (Å²) in [5.41, 5.74) is 0.558. The van der Waals surface area contributed by atoms with Gasteiger partial charge in [-0.2, -0.15) is 14.0 Å². The first-order valence-corrected chi connectivity index (χ1v) is 9.96. The zero-order chi connectivity index (χ0) is 20.9. The Balaban J connectivity index is 1.65. The maximum Gasteiger partial charge on any atom is 0.426 e. The van der Waals surface area contributed by atoms with E-state index in [-0.39, 0.29) is 16.9 Å². The Morgan fingerprint density at radius 2 is 1.79 bits per heavy atom. The van der Waals surface area contributed by atoms with Gasteiger partial charge < -0.3 is 4.74 Å². The Morgan fingerprint density at radius 1 is 1.10 bits per heavy atom. The molecule has 1 saturated carbocycles. The number of rotatable bonds is 6. The zero-order valence-electron chi connectivity index (χ0n) is 16.4. The third-order valence-electron chi connectivity index (χ3n) is 5.44. The molecule has 0 spiro atoms. The first-order valence-electron chi connectivity index (χ1n) is 9.96. The maximum atomic E-state index is 14.5. The van der Waals surface area contributed by atoms with E-state index in [1.54, 1.807) is 18.2 Å². The molecule has 0 amide bonds. The van der Waals surface area contributed by atoms with Crippen molar-refractivity contribution < 1.29 is 17.9 Å². The molecule has 1 aliphatic carbocycles. The van der Waals surface area contributed by atoms with Crippen molar-refractivity contribution in [3.8, 4) is 11.8 Å². The molecule has 1 aliphatic rings. The minimum atomic E-state index is -3.60. The van der Waals surface area contributed by atoms with Crippen LogP contribution in [0, 0.1) is 23.1 Å². The van der Waals surface area contributed by atoms with Crippen LogP contribution < -0.4 is 4.74 Å². The highest BCUT2D eigenvalue weighted by Crippen LogP contribution is 2.38. The fourth-order valence-corrected chi connectivity index (χ4v) is 3.78. The van der Waals surface area contributed by atoms with Crippen LogP contribution in [0.5, 0.6) is 5.75 Å². The van der Waals surface area contributed by atoms with Crippen molar-refractivity contribution in [3.05, 3.63) is 77.1 Å². The first-order chi connectivity index (χ1) is 13.9. The highest BCUT2D eigenvalue weighted by atomic mass is 19.3. The quantitative estimate of drug-likeness (QED) is 0.487. The molecule has 152 valence electrons. The second-order valence-corrected chi connectivity index (χ2v) is 7.44. The fourth-order valence-electron chi connectivity index (χ4n) is 3.78. The maximum absolute atomic E-state index is 14.5. The highest BCUT2D eigenvalue weighted by molar-refractivity contribution is 5.37. The average molecular weight is 399 g/mol. The first kappa shape index (κ1) is 21.0. The summed E-state index contributed by atoms with van der Waals surface area (Å²) < 4.78 is 47.3. The lowest BCUT2D eigenvalue weighted by molar-refractivity contribution is -0.185. The number of allylic oxidation sites excluding steroid dienone is 2. The van der Waals surface area contributed by atoms with E-state index in [4.69, 9.17) is 10.00 Å². The van der Waals surface area contributed by atoms with Crippen LogP contribution in [0.15, 0.2) is 54.6 Å². The van der Waals surface area contributed by atoms with Gasteiger partial charge in [0.05, 0.1) is 11.1 Å². The van der Waals surface area contributed by atoms with E-state index in [1.807, 2.05) is 0 Å². The van der Waals surface area contributed by atoms with Crippen molar-refractivity contribution >= 4 is 0 Å². The molecular formula is C24H24F3NO. The second kappa shape index (κ2) is 9.17. The van der Waals surface area contributed by atoms with E-state index >= 15 is 0 Å². The number of benzene rings is 2. The van der Waals surface area contributed by atoms with Gasteiger partial charge in [-0.15, -0.1) is 0 Å². The lowest BCUT2D eigenvalue weighted by Gasteiger charge is -2.27. The van der Waals surface area contributed by atoms with Gasteiger partial charge in [0.1, 0.15) is 17.6 Å². The van der Waals surface area contributed by atoms with Gasteiger partial charge in [-0.25, -0.2) is 4.39 Å². The number of nitrogens with zero attached hydrogens (tertiary/aromatic N) is 1. The van der Waals surface area contributed by atoms with E-state index in [1.165, 1.54) is 12.1 Å². The van der Waals surface area contributed by atoms with E-state index in [9.17, 15) is 13.2 Å². The van der Waals surface area contributed by atoms with Gasteiger partial charge in [0, 0.05) is 6.07 Å². The Kier molecular flexibility index (Phi) is 6.64. The van der Waals surface area contributed by atoms with E-state index in [0.29, 0.717) is 11.8 Å². The van der Waals surface area contributed by atoms with Crippen LogP contribution in [0.4, 0.5) is 13.2 Å². The van der Waals surface area contributed by atoms with Crippen LogP contribution in [-0.4, -0.2) is 0 Å².